The van der Waals surface area contributed by atoms with Crippen LogP contribution < -0.4 is 11.1 Å². The summed E-state index contributed by atoms with van der Waals surface area (Å²) in [5.41, 5.74) is 6.04. The zero-order valence-corrected chi connectivity index (χ0v) is 11.3. The third-order valence-electron chi connectivity index (χ3n) is 3.54. The number of nitrogens with zero attached hydrogens (tertiary/aromatic N) is 1. The molecule has 0 aromatic heterocycles. The molecule has 2 unspecified atom stereocenters. The number of amides is 1. The number of nitrogen functional groups attached to an aromatic ring is 1. The number of hydrogen-bond donors (Lipinski definition) is 2. The maximum atomic E-state index is 13.0. The summed E-state index contributed by atoms with van der Waals surface area (Å²) >= 11 is 0. The summed E-state index contributed by atoms with van der Waals surface area (Å²) < 4.78 is 13.0. The third-order valence-corrected chi connectivity index (χ3v) is 3.54. The average Bonchev–Trinajstić information content (AvgIpc) is 2.62. The highest BCUT2D eigenvalue weighted by atomic mass is 19.1. The van der Waals surface area contributed by atoms with E-state index >= 15 is 0 Å². The Kier molecular flexibility index (Phi) is 4.04. The molecular weight excluding hydrogens is 245 g/mol. The second kappa shape index (κ2) is 5.57. The highest BCUT2D eigenvalue weighted by Gasteiger charge is 2.27. The van der Waals surface area contributed by atoms with E-state index in [0.29, 0.717) is 24.2 Å². The monoisotopic (exact) mass is 265 g/mol. The molecule has 1 saturated heterocycles. The minimum atomic E-state index is -0.472. The average molecular weight is 265 g/mol. The molecule has 19 heavy (non-hydrogen) atoms. The lowest BCUT2D eigenvalue weighted by molar-refractivity contribution is -0.117. The van der Waals surface area contributed by atoms with Gasteiger partial charge in [0.15, 0.2) is 0 Å². The molecule has 1 aliphatic heterocycles. The van der Waals surface area contributed by atoms with Crippen LogP contribution in [0.3, 0.4) is 0 Å². The number of anilines is 2. The van der Waals surface area contributed by atoms with Crippen molar-refractivity contribution >= 4 is 17.3 Å². The van der Waals surface area contributed by atoms with Crippen molar-refractivity contribution in [2.45, 2.75) is 26.3 Å². The quantitative estimate of drug-likeness (QED) is 0.823. The van der Waals surface area contributed by atoms with Crippen molar-refractivity contribution in [3.8, 4) is 0 Å². The Morgan fingerprint density at radius 3 is 2.84 bits per heavy atom. The number of nitrogens with two attached hydrogens (primary N) is 1. The number of likely N-dealkylation sites (tertiary alicyclic amines) is 1. The summed E-state index contributed by atoms with van der Waals surface area (Å²) in [6.07, 6.45) is 1.12. The molecular formula is C14H20FN3O. The van der Waals surface area contributed by atoms with Crippen LogP contribution in [0.4, 0.5) is 15.8 Å². The molecule has 0 radical (unpaired) electrons. The summed E-state index contributed by atoms with van der Waals surface area (Å²) in [5, 5.41) is 2.74. The van der Waals surface area contributed by atoms with Gasteiger partial charge in [0.05, 0.1) is 12.2 Å². The van der Waals surface area contributed by atoms with E-state index in [1.54, 1.807) is 0 Å². The normalized spacial score (nSPS) is 23.5. The van der Waals surface area contributed by atoms with Crippen molar-refractivity contribution in [3.63, 3.8) is 0 Å². The van der Waals surface area contributed by atoms with Gasteiger partial charge in [-0.1, -0.05) is 6.92 Å². The molecule has 0 spiro atoms. The van der Waals surface area contributed by atoms with E-state index in [1.807, 2.05) is 0 Å². The molecule has 0 aliphatic carbocycles. The minimum Gasteiger partial charge on any atom is -0.396 e. The van der Waals surface area contributed by atoms with Gasteiger partial charge in [0.1, 0.15) is 5.82 Å². The number of hydrogen-bond acceptors (Lipinski definition) is 3. The van der Waals surface area contributed by atoms with Crippen LogP contribution in [0.15, 0.2) is 18.2 Å². The van der Waals surface area contributed by atoms with Gasteiger partial charge < -0.3 is 11.1 Å². The van der Waals surface area contributed by atoms with Gasteiger partial charge in [-0.2, -0.15) is 0 Å². The van der Waals surface area contributed by atoms with Crippen LogP contribution in [0.25, 0.3) is 0 Å². The molecule has 1 fully saturated rings. The first kappa shape index (κ1) is 13.8. The van der Waals surface area contributed by atoms with Crippen molar-refractivity contribution in [1.82, 2.24) is 4.90 Å². The van der Waals surface area contributed by atoms with Crippen molar-refractivity contribution in [2.24, 2.45) is 5.92 Å². The molecule has 2 rings (SSSR count). The smallest absolute Gasteiger partial charge is 0.238 e. The van der Waals surface area contributed by atoms with E-state index in [2.05, 4.69) is 24.1 Å². The molecule has 0 saturated carbocycles. The van der Waals surface area contributed by atoms with Crippen molar-refractivity contribution in [3.05, 3.63) is 24.0 Å². The van der Waals surface area contributed by atoms with Gasteiger partial charge in [-0.05, 0) is 37.5 Å². The summed E-state index contributed by atoms with van der Waals surface area (Å²) in [6, 6.07) is 4.63. The third kappa shape index (κ3) is 3.44. The molecule has 1 aliphatic rings. The maximum absolute atomic E-state index is 13.0. The molecule has 1 amide bonds. The predicted octanol–water partition coefficient (Wildman–Crippen LogP) is 2.08. The van der Waals surface area contributed by atoms with Crippen LogP contribution in [0.2, 0.25) is 0 Å². The summed E-state index contributed by atoms with van der Waals surface area (Å²) in [5.74, 6) is 0.0659. The van der Waals surface area contributed by atoms with Crippen LogP contribution in [-0.4, -0.2) is 29.9 Å². The van der Waals surface area contributed by atoms with Crippen LogP contribution in [-0.2, 0) is 4.79 Å². The fourth-order valence-electron chi connectivity index (χ4n) is 2.61. The first-order valence-electron chi connectivity index (χ1n) is 6.54. The molecule has 4 nitrogen and oxygen atoms in total. The predicted molar refractivity (Wildman–Crippen MR) is 74.3 cm³/mol. The second-order valence-electron chi connectivity index (χ2n) is 5.40. The van der Waals surface area contributed by atoms with Gasteiger partial charge in [-0.15, -0.1) is 0 Å². The van der Waals surface area contributed by atoms with E-state index in [1.165, 1.54) is 18.2 Å². The Hall–Kier alpha value is -1.62. The first-order valence-corrected chi connectivity index (χ1v) is 6.54. The Balaban J connectivity index is 1.92. The lowest BCUT2D eigenvalue weighted by Crippen LogP contribution is -2.35. The van der Waals surface area contributed by atoms with Gasteiger partial charge in [0.25, 0.3) is 0 Å². The van der Waals surface area contributed by atoms with E-state index in [-0.39, 0.29) is 11.6 Å². The molecule has 3 N–H and O–H groups in total. The van der Waals surface area contributed by atoms with Crippen molar-refractivity contribution in [1.29, 1.82) is 0 Å². The molecule has 1 aromatic rings. The molecule has 1 aromatic carbocycles. The van der Waals surface area contributed by atoms with E-state index in [4.69, 9.17) is 5.73 Å². The SMILES string of the molecule is CC1CC(C)N(CC(=O)Nc2ccc(F)c(N)c2)C1. The second-order valence-corrected chi connectivity index (χ2v) is 5.40. The Bertz CT molecular complexity index is 478. The van der Waals surface area contributed by atoms with E-state index in [0.717, 1.165) is 13.0 Å². The summed E-state index contributed by atoms with van der Waals surface area (Å²) in [6.45, 7) is 5.63. The number of halogens is 1. The van der Waals surface area contributed by atoms with E-state index in [9.17, 15) is 9.18 Å². The van der Waals surface area contributed by atoms with Gasteiger partial charge >= 0.3 is 0 Å². The Morgan fingerprint density at radius 2 is 2.26 bits per heavy atom. The number of carbonyl (C=O) groups is 1. The molecule has 1 heterocycles. The van der Waals surface area contributed by atoms with Crippen molar-refractivity contribution in [2.75, 3.05) is 24.1 Å². The van der Waals surface area contributed by atoms with E-state index < -0.39 is 5.82 Å². The standard InChI is InChI=1S/C14H20FN3O/c1-9-5-10(2)18(7-9)8-14(19)17-11-3-4-12(15)13(16)6-11/h3-4,6,9-10H,5,7-8,16H2,1-2H3,(H,17,19). The highest BCUT2D eigenvalue weighted by molar-refractivity contribution is 5.92. The number of rotatable bonds is 3. The Labute approximate surface area is 112 Å². The molecule has 5 heteroatoms. The molecule has 0 bridgehead atoms. The number of benzene rings is 1. The van der Waals surface area contributed by atoms with Gasteiger partial charge in [0.2, 0.25) is 5.91 Å². The molecule has 104 valence electrons. The van der Waals surface area contributed by atoms with Crippen LogP contribution >= 0.6 is 0 Å². The van der Waals surface area contributed by atoms with Gasteiger partial charge in [-0.25, -0.2) is 4.39 Å². The maximum Gasteiger partial charge on any atom is 0.238 e. The summed E-state index contributed by atoms with van der Waals surface area (Å²) in [7, 11) is 0. The van der Waals surface area contributed by atoms with Crippen LogP contribution in [0, 0.1) is 11.7 Å². The highest BCUT2D eigenvalue weighted by Crippen LogP contribution is 2.22. The summed E-state index contributed by atoms with van der Waals surface area (Å²) in [4.78, 5) is 14.1. The minimum absolute atomic E-state index is 0.0426. The molecule has 2 atom stereocenters. The van der Waals surface area contributed by atoms with Gasteiger partial charge in [0, 0.05) is 18.3 Å². The topological polar surface area (TPSA) is 58.4 Å². The zero-order valence-electron chi connectivity index (χ0n) is 11.3. The lowest BCUT2D eigenvalue weighted by atomic mass is 10.1. The zero-order chi connectivity index (χ0) is 14.0. The number of carbonyl (C=O) groups excluding carboxylic acids is 1. The van der Waals surface area contributed by atoms with Gasteiger partial charge in [-0.3, -0.25) is 9.69 Å². The Morgan fingerprint density at radius 1 is 1.53 bits per heavy atom. The lowest BCUT2D eigenvalue weighted by Gasteiger charge is -2.20. The van der Waals surface area contributed by atoms with Crippen LogP contribution in [0.5, 0.6) is 0 Å². The van der Waals surface area contributed by atoms with Crippen molar-refractivity contribution < 1.29 is 9.18 Å². The first-order chi connectivity index (χ1) is 8.95. The van der Waals surface area contributed by atoms with Crippen LogP contribution in [0.1, 0.15) is 20.3 Å². The number of nitrogens with one attached hydrogen (secondary N) is 1. The fraction of sp³-hybridized carbons (Fsp3) is 0.500. The largest absolute Gasteiger partial charge is 0.396 e. The fourth-order valence-corrected chi connectivity index (χ4v) is 2.61.